The lowest BCUT2D eigenvalue weighted by Crippen LogP contribution is -2.38. The molecule has 0 bridgehead atoms. The van der Waals surface area contributed by atoms with Crippen LogP contribution < -0.4 is 10.6 Å². The fourth-order valence-corrected chi connectivity index (χ4v) is 3.77. The molecular formula is C18H34IN5S. The van der Waals surface area contributed by atoms with Crippen molar-refractivity contribution in [2.24, 2.45) is 4.99 Å². The summed E-state index contributed by atoms with van der Waals surface area (Å²) in [4.78, 5) is 11.6. The van der Waals surface area contributed by atoms with Gasteiger partial charge in [-0.1, -0.05) is 26.7 Å². The van der Waals surface area contributed by atoms with Gasteiger partial charge in [0.1, 0.15) is 0 Å². The van der Waals surface area contributed by atoms with Crippen LogP contribution in [0.1, 0.15) is 62.6 Å². The zero-order valence-electron chi connectivity index (χ0n) is 15.9. The van der Waals surface area contributed by atoms with Gasteiger partial charge in [-0.15, -0.1) is 35.3 Å². The van der Waals surface area contributed by atoms with Crippen LogP contribution in [-0.2, 0) is 6.54 Å². The molecule has 2 N–H and O–H groups in total. The molecule has 0 radical (unpaired) electrons. The second-order valence-electron chi connectivity index (χ2n) is 6.79. The molecule has 5 nitrogen and oxygen atoms in total. The Labute approximate surface area is 174 Å². The predicted octanol–water partition coefficient (Wildman–Crippen LogP) is 3.82. The van der Waals surface area contributed by atoms with Gasteiger partial charge >= 0.3 is 0 Å². The van der Waals surface area contributed by atoms with Gasteiger partial charge in [-0.05, 0) is 38.9 Å². The molecule has 0 aromatic carbocycles. The summed E-state index contributed by atoms with van der Waals surface area (Å²) in [6, 6.07) is 0. The minimum atomic E-state index is 0. The third-order valence-corrected chi connectivity index (χ3v) is 5.56. The number of likely N-dealkylation sites (tertiary alicyclic amines) is 1. The van der Waals surface area contributed by atoms with Gasteiger partial charge in [0.15, 0.2) is 5.96 Å². The lowest BCUT2D eigenvalue weighted by atomic mass is 10.2. The first-order chi connectivity index (χ1) is 11.7. The number of aliphatic imine (C=N–C) groups is 1. The van der Waals surface area contributed by atoms with E-state index in [0.29, 0.717) is 5.92 Å². The van der Waals surface area contributed by atoms with E-state index in [4.69, 9.17) is 0 Å². The number of rotatable bonds is 7. The molecule has 2 rings (SSSR count). The van der Waals surface area contributed by atoms with Crippen LogP contribution in [0.4, 0.5) is 0 Å². The van der Waals surface area contributed by atoms with Crippen molar-refractivity contribution in [1.29, 1.82) is 0 Å². The summed E-state index contributed by atoms with van der Waals surface area (Å²) in [5.41, 5.74) is 1.09. The van der Waals surface area contributed by atoms with E-state index in [1.165, 1.54) is 50.3 Å². The van der Waals surface area contributed by atoms with Crippen molar-refractivity contribution in [3.05, 3.63) is 16.1 Å². The molecular weight excluding hydrogens is 445 g/mol. The lowest BCUT2D eigenvalue weighted by molar-refractivity contribution is 0.282. The first-order valence-electron chi connectivity index (χ1n) is 9.30. The van der Waals surface area contributed by atoms with E-state index in [1.54, 1.807) is 11.3 Å². The average molecular weight is 479 g/mol. The van der Waals surface area contributed by atoms with Gasteiger partial charge < -0.3 is 15.5 Å². The molecule has 1 saturated heterocycles. The Morgan fingerprint density at radius 3 is 2.56 bits per heavy atom. The number of hydrogen-bond donors (Lipinski definition) is 2. The highest BCUT2D eigenvalue weighted by molar-refractivity contribution is 14.0. The van der Waals surface area contributed by atoms with Gasteiger partial charge in [0.2, 0.25) is 0 Å². The fourth-order valence-electron chi connectivity index (χ4n) is 2.93. The second-order valence-corrected chi connectivity index (χ2v) is 7.68. The minimum absolute atomic E-state index is 0. The monoisotopic (exact) mass is 479 g/mol. The highest BCUT2D eigenvalue weighted by atomic mass is 127. The van der Waals surface area contributed by atoms with Crippen molar-refractivity contribution < 1.29 is 0 Å². The minimum Gasteiger partial charge on any atom is -0.356 e. The van der Waals surface area contributed by atoms with E-state index in [1.807, 2.05) is 7.05 Å². The van der Waals surface area contributed by atoms with Crippen molar-refractivity contribution in [3.63, 3.8) is 0 Å². The average Bonchev–Trinajstić information content (AvgIpc) is 2.91. The number of aromatic nitrogens is 1. The molecule has 0 aliphatic carbocycles. The molecule has 1 aromatic heterocycles. The molecule has 1 aliphatic heterocycles. The van der Waals surface area contributed by atoms with E-state index >= 15 is 0 Å². The number of guanidine groups is 1. The molecule has 0 atom stereocenters. The molecule has 0 spiro atoms. The van der Waals surface area contributed by atoms with Crippen LogP contribution in [0, 0.1) is 0 Å². The Hall–Kier alpha value is -0.410. The molecule has 25 heavy (non-hydrogen) atoms. The fraction of sp³-hybridized carbons (Fsp3) is 0.778. The Morgan fingerprint density at radius 2 is 1.96 bits per heavy atom. The van der Waals surface area contributed by atoms with Crippen molar-refractivity contribution in [2.75, 3.05) is 33.2 Å². The largest absolute Gasteiger partial charge is 0.356 e. The molecule has 2 heterocycles. The first-order valence-corrected chi connectivity index (χ1v) is 10.2. The van der Waals surface area contributed by atoms with Crippen molar-refractivity contribution >= 4 is 41.3 Å². The number of nitrogens with zero attached hydrogens (tertiary/aromatic N) is 3. The topological polar surface area (TPSA) is 52.6 Å². The third-order valence-electron chi connectivity index (χ3n) is 4.37. The van der Waals surface area contributed by atoms with E-state index in [-0.39, 0.29) is 24.0 Å². The SMILES string of the molecule is CN=C(NCCCN1CCCCCC1)NCc1csc(C(C)C)n1.I. The summed E-state index contributed by atoms with van der Waals surface area (Å²) in [5, 5.41) is 10.1. The summed E-state index contributed by atoms with van der Waals surface area (Å²) >= 11 is 1.74. The van der Waals surface area contributed by atoms with Crippen molar-refractivity contribution in [3.8, 4) is 0 Å². The zero-order chi connectivity index (χ0) is 17.2. The summed E-state index contributed by atoms with van der Waals surface area (Å²) < 4.78 is 0. The van der Waals surface area contributed by atoms with Gasteiger partial charge in [0, 0.05) is 24.9 Å². The quantitative estimate of drug-likeness (QED) is 0.270. The summed E-state index contributed by atoms with van der Waals surface area (Å²) in [5.74, 6) is 1.37. The van der Waals surface area contributed by atoms with Crippen LogP contribution in [0.25, 0.3) is 0 Å². The van der Waals surface area contributed by atoms with Gasteiger partial charge in [-0.25, -0.2) is 4.98 Å². The number of nitrogens with one attached hydrogen (secondary N) is 2. The van der Waals surface area contributed by atoms with Gasteiger partial charge in [0.25, 0.3) is 0 Å². The Morgan fingerprint density at radius 1 is 1.24 bits per heavy atom. The van der Waals surface area contributed by atoms with Gasteiger partial charge in [-0.2, -0.15) is 0 Å². The van der Waals surface area contributed by atoms with E-state index in [0.717, 1.165) is 31.2 Å². The standard InChI is InChI=1S/C18H33N5S.HI/c1-15(2)17-22-16(14-24-17)13-21-18(19-3)20-9-8-12-23-10-6-4-5-7-11-23;/h14-15H,4-13H2,1-3H3,(H2,19,20,21);1H. The van der Waals surface area contributed by atoms with Crippen LogP contribution in [-0.4, -0.2) is 49.1 Å². The molecule has 7 heteroatoms. The van der Waals surface area contributed by atoms with E-state index in [2.05, 4.69) is 44.7 Å². The smallest absolute Gasteiger partial charge is 0.191 e. The first kappa shape index (κ1) is 22.6. The normalized spacial score (nSPS) is 16.4. The van der Waals surface area contributed by atoms with Crippen LogP contribution in [0.3, 0.4) is 0 Å². The molecule has 144 valence electrons. The van der Waals surface area contributed by atoms with Crippen molar-refractivity contribution in [2.45, 2.75) is 58.4 Å². The maximum absolute atomic E-state index is 4.65. The molecule has 0 unspecified atom stereocenters. The molecule has 1 aliphatic rings. The van der Waals surface area contributed by atoms with Crippen LogP contribution >= 0.6 is 35.3 Å². The second kappa shape index (κ2) is 12.9. The van der Waals surface area contributed by atoms with Crippen LogP contribution in [0.5, 0.6) is 0 Å². The third kappa shape index (κ3) is 8.68. The van der Waals surface area contributed by atoms with E-state index < -0.39 is 0 Å². The Kier molecular flexibility index (Phi) is 11.6. The number of thiazole rings is 1. The summed E-state index contributed by atoms with van der Waals surface area (Å²) in [6.45, 7) is 9.79. The summed E-state index contributed by atoms with van der Waals surface area (Å²) in [6.07, 6.45) is 6.70. The number of hydrogen-bond acceptors (Lipinski definition) is 4. The molecule has 1 fully saturated rings. The van der Waals surface area contributed by atoms with Crippen LogP contribution in [0.15, 0.2) is 10.4 Å². The molecule has 1 aromatic rings. The van der Waals surface area contributed by atoms with Gasteiger partial charge in [0.05, 0.1) is 17.2 Å². The van der Waals surface area contributed by atoms with Gasteiger partial charge in [-0.3, -0.25) is 4.99 Å². The van der Waals surface area contributed by atoms with Crippen molar-refractivity contribution in [1.82, 2.24) is 20.5 Å². The maximum atomic E-state index is 4.65. The summed E-state index contributed by atoms with van der Waals surface area (Å²) in [7, 11) is 1.82. The van der Waals surface area contributed by atoms with E-state index in [9.17, 15) is 0 Å². The maximum Gasteiger partial charge on any atom is 0.191 e. The lowest BCUT2D eigenvalue weighted by Gasteiger charge is -2.20. The zero-order valence-corrected chi connectivity index (χ0v) is 19.0. The molecule has 0 saturated carbocycles. The van der Waals surface area contributed by atoms with Crippen LogP contribution in [0.2, 0.25) is 0 Å². The highest BCUT2D eigenvalue weighted by Gasteiger charge is 2.09. The predicted molar refractivity (Wildman–Crippen MR) is 119 cm³/mol. The highest BCUT2D eigenvalue weighted by Crippen LogP contribution is 2.18. The molecule has 0 amide bonds. The Bertz CT molecular complexity index is 495. The Balaban J connectivity index is 0.00000312. The number of halogens is 1.